The number of benzene rings is 1. The van der Waals surface area contributed by atoms with Crippen LogP contribution in [0.5, 0.6) is 5.75 Å². The standard InChI is InChI=1S/C12H12BrNO2/c1-4-8(2)14-12(15)10-7-9(16-3)5-6-11(10)13/h1,5-8H,2-3H3,(H,14,15). The molecule has 0 aromatic heterocycles. The molecule has 1 amide bonds. The van der Waals surface area contributed by atoms with Gasteiger partial charge in [-0.25, -0.2) is 0 Å². The van der Waals surface area contributed by atoms with Crippen molar-refractivity contribution in [2.75, 3.05) is 7.11 Å². The van der Waals surface area contributed by atoms with Gasteiger partial charge in [0.15, 0.2) is 0 Å². The zero-order valence-electron chi connectivity index (χ0n) is 9.08. The van der Waals surface area contributed by atoms with Gasteiger partial charge in [-0.1, -0.05) is 5.92 Å². The summed E-state index contributed by atoms with van der Waals surface area (Å²) >= 11 is 3.30. The average molecular weight is 282 g/mol. The summed E-state index contributed by atoms with van der Waals surface area (Å²) in [7, 11) is 1.55. The van der Waals surface area contributed by atoms with Crippen LogP contribution in [0.25, 0.3) is 0 Å². The molecule has 1 aromatic carbocycles. The Labute approximate surface area is 103 Å². The molecule has 0 saturated heterocycles. The smallest absolute Gasteiger partial charge is 0.253 e. The van der Waals surface area contributed by atoms with Crippen molar-refractivity contribution in [1.82, 2.24) is 5.32 Å². The Balaban J connectivity index is 2.95. The number of carbonyl (C=O) groups excluding carboxylic acids is 1. The van der Waals surface area contributed by atoms with Crippen LogP contribution < -0.4 is 10.1 Å². The van der Waals surface area contributed by atoms with Crippen molar-refractivity contribution in [3.05, 3.63) is 28.2 Å². The monoisotopic (exact) mass is 281 g/mol. The summed E-state index contributed by atoms with van der Waals surface area (Å²) in [4.78, 5) is 11.8. The Morgan fingerprint density at radius 3 is 2.88 bits per heavy atom. The first-order chi connectivity index (χ1) is 7.58. The van der Waals surface area contributed by atoms with E-state index in [1.165, 1.54) is 0 Å². The maximum absolute atomic E-state index is 11.8. The lowest BCUT2D eigenvalue weighted by Crippen LogP contribution is -2.31. The zero-order chi connectivity index (χ0) is 12.1. The molecule has 1 N–H and O–H groups in total. The number of terminal acetylenes is 1. The third kappa shape index (κ3) is 3.01. The van der Waals surface area contributed by atoms with Gasteiger partial charge in [0.25, 0.3) is 5.91 Å². The number of amides is 1. The largest absolute Gasteiger partial charge is 0.497 e. The van der Waals surface area contributed by atoms with Gasteiger partial charge in [0, 0.05) is 4.47 Å². The fraction of sp³-hybridized carbons (Fsp3) is 0.250. The molecule has 0 saturated carbocycles. The normalized spacial score (nSPS) is 11.4. The first kappa shape index (κ1) is 12.6. The minimum atomic E-state index is -0.300. The number of rotatable bonds is 3. The molecule has 0 aliphatic heterocycles. The van der Waals surface area contributed by atoms with Crippen molar-refractivity contribution >= 4 is 21.8 Å². The molecular weight excluding hydrogens is 270 g/mol. The Hall–Kier alpha value is -1.47. The summed E-state index contributed by atoms with van der Waals surface area (Å²) in [5, 5.41) is 2.68. The van der Waals surface area contributed by atoms with Gasteiger partial charge in [-0.15, -0.1) is 6.42 Å². The van der Waals surface area contributed by atoms with E-state index in [0.29, 0.717) is 15.8 Å². The molecule has 16 heavy (non-hydrogen) atoms. The van der Waals surface area contributed by atoms with Gasteiger partial charge in [0.1, 0.15) is 5.75 Å². The Bertz CT molecular complexity index is 437. The van der Waals surface area contributed by atoms with Crippen LogP contribution in [0.1, 0.15) is 17.3 Å². The van der Waals surface area contributed by atoms with Crippen molar-refractivity contribution in [3.8, 4) is 18.1 Å². The van der Waals surface area contributed by atoms with E-state index in [9.17, 15) is 4.79 Å². The van der Waals surface area contributed by atoms with Gasteiger partial charge >= 0.3 is 0 Å². The predicted molar refractivity (Wildman–Crippen MR) is 66.5 cm³/mol. The van der Waals surface area contributed by atoms with E-state index in [1.54, 1.807) is 32.2 Å². The fourth-order valence-electron chi connectivity index (χ4n) is 1.12. The molecule has 84 valence electrons. The number of hydrogen-bond acceptors (Lipinski definition) is 2. The summed E-state index contributed by atoms with van der Waals surface area (Å²) in [6.45, 7) is 1.74. The third-order valence-corrected chi connectivity index (χ3v) is 2.71. The topological polar surface area (TPSA) is 38.3 Å². The van der Waals surface area contributed by atoms with Gasteiger partial charge in [0.2, 0.25) is 0 Å². The highest BCUT2D eigenvalue weighted by Crippen LogP contribution is 2.22. The number of carbonyl (C=O) groups is 1. The molecule has 1 rings (SSSR count). The Kier molecular flexibility index (Phi) is 4.39. The molecule has 0 heterocycles. The molecule has 0 radical (unpaired) electrons. The Morgan fingerprint density at radius 2 is 2.31 bits per heavy atom. The first-order valence-electron chi connectivity index (χ1n) is 4.69. The molecule has 1 unspecified atom stereocenters. The second-order valence-corrected chi connectivity index (χ2v) is 4.06. The maximum atomic E-state index is 11.8. The van der Waals surface area contributed by atoms with Crippen molar-refractivity contribution in [3.63, 3.8) is 0 Å². The minimum Gasteiger partial charge on any atom is -0.497 e. The van der Waals surface area contributed by atoms with Gasteiger partial charge in [0.05, 0.1) is 18.7 Å². The van der Waals surface area contributed by atoms with Crippen molar-refractivity contribution in [2.45, 2.75) is 13.0 Å². The fourth-order valence-corrected chi connectivity index (χ4v) is 1.55. The lowest BCUT2D eigenvalue weighted by molar-refractivity contribution is 0.0947. The van der Waals surface area contributed by atoms with Crippen LogP contribution in [0.15, 0.2) is 22.7 Å². The molecule has 0 aliphatic rings. The van der Waals surface area contributed by atoms with Crippen LogP contribution in [-0.2, 0) is 0 Å². The molecule has 0 aliphatic carbocycles. The van der Waals surface area contributed by atoms with Crippen LogP contribution in [0, 0.1) is 12.3 Å². The molecule has 4 heteroatoms. The van der Waals surface area contributed by atoms with Crippen molar-refractivity contribution in [1.29, 1.82) is 0 Å². The van der Waals surface area contributed by atoms with Crippen molar-refractivity contribution < 1.29 is 9.53 Å². The van der Waals surface area contributed by atoms with Gasteiger partial charge < -0.3 is 10.1 Å². The predicted octanol–water partition coefficient (Wildman–Crippen LogP) is 2.21. The molecule has 1 aromatic rings. The van der Waals surface area contributed by atoms with Crippen molar-refractivity contribution in [2.24, 2.45) is 0 Å². The number of methoxy groups -OCH3 is 1. The number of nitrogens with one attached hydrogen (secondary N) is 1. The molecule has 3 nitrogen and oxygen atoms in total. The lowest BCUT2D eigenvalue weighted by atomic mass is 10.2. The summed E-state index contributed by atoms with van der Waals surface area (Å²) < 4.78 is 5.75. The second kappa shape index (κ2) is 5.57. The van der Waals surface area contributed by atoms with E-state index >= 15 is 0 Å². The van der Waals surface area contributed by atoms with Crippen LogP contribution >= 0.6 is 15.9 Å². The van der Waals surface area contributed by atoms with Crippen LogP contribution in [0.2, 0.25) is 0 Å². The third-order valence-electron chi connectivity index (χ3n) is 2.02. The quantitative estimate of drug-likeness (QED) is 0.863. The highest BCUT2D eigenvalue weighted by atomic mass is 79.9. The summed E-state index contributed by atoms with van der Waals surface area (Å²) in [5.41, 5.74) is 0.501. The van der Waals surface area contributed by atoms with E-state index in [2.05, 4.69) is 27.2 Å². The SMILES string of the molecule is C#CC(C)NC(=O)c1cc(OC)ccc1Br. The number of ether oxygens (including phenoxy) is 1. The minimum absolute atomic E-state index is 0.226. The van der Waals surface area contributed by atoms with Crippen LogP contribution in [0.3, 0.4) is 0 Å². The van der Waals surface area contributed by atoms with Gasteiger partial charge in [-0.2, -0.15) is 0 Å². The maximum Gasteiger partial charge on any atom is 0.253 e. The molecule has 0 fully saturated rings. The highest BCUT2D eigenvalue weighted by Gasteiger charge is 2.12. The molecule has 0 spiro atoms. The number of hydrogen-bond donors (Lipinski definition) is 1. The van der Waals surface area contributed by atoms with E-state index in [0.717, 1.165) is 0 Å². The van der Waals surface area contributed by atoms with E-state index < -0.39 is 0 Å². The summed E-state index contributed by atoms with van der Waals surface area (Å²) in [6.07, 6.45) is 5.19. The van der Waals surface area contributed by atoms with E-state index in [-0.39, 0.29) is 11.9 Å². The van der Waals surface area contributed by atoms with Crippen LogP contribution in [0.4, 0.5) is 0 Å². The van der Waals surface area contributed by atoms with Gasteiger partial charge in [-0.3, -0.25) is 4.79 Å². The highest BCUT2D eigenvalue weighted by molar-refractivity contribution is 9.10. The lowest BCUT2D eigenvalue weighted by Gasteiger charge is -2.10. The van der Waals surface area contributed by atoms with E-state index in [4.69, 9.17) is 11.2 Å². The van der Waals surface area contributed by atoms with Crippen LogP contribution in [-0.4, -0.2) is 19.1 Å². The molecular formula is C12H12BrNO2. The summed E-state index contributed by atoms with van der Waals surface area (Å²) in [5.74, 6) is 2.84. The Morgan fingerprint density at radius 1 is 1.62 bits per heavy atom. The number of halogens is 1. The zero-order valence-corrected chi connectivity index (χ0v) is 10.7. The average Bonchev–Trinajstić information content (AvgIpc) is 2.29. The van der Waals surface area contributed by atoms with E-state index in [1.807, 2.05) is 0 Å². The molecule has 1 atom stereocenters. The van der Waals surface area contributed by atoms with Gasteiger partial charge in [-0.05, 0) is 41.1 Å². The summed E-state index contributed by atoms with van der Waals surface area (Å²) in [6, 6.07) is 4.88. The first-order valence-corrected chi connectivity index (χ1v) is 5.48. The molecule has 0 bridgehead atoms. The second-order valence-electron chi connectivity index (χ2n) is 3.21.